The van der Waals surface area contributed by atoms with Crippen molar-refractivity contribution < 1.29 is 9.53 Å². The minimum atomic E-state index is -0.278. The minimum absolute atomic E-state index is 0.0676. The molecule has 0 unspecified atom stereocenters. The number of carbonyl (C=O) groups excluding carboxylic acids is 1. The van der Waals surface area contributed by atoms with Gasteiger partial charge in [-0.3, -0.25) is 10.1 Å². The molecule has 0 aliphatic heterocycles. The molecule has 2 aromatic rings. The molecule has 5 nitrogen and oxygen atoms in total. The lowest BCUT2D eigenvalue weighted by atomic mass is 10.2. The normalized spacial score (nSPS) is 10.2. The molecule has 0 saturated carbocycles. The van der Waals surface area contributed by atoms with E-state index in [1.54, 1.807) is 0 Å². The van der Waals surface area contributed by atoms with Gasteiger partial charge in [0.05, 0.1) is 0 Å². The van der Waals surface area contributed by atoms with Crippen LogP contribution in [0.15, 0.2) is 30.3 Å². The fraction of sp³-hybridized carbons (Fsp3) is 0.312. The van der Waals surface area contributed by atoms with E-state index in [2.05, 4.69) is 22.2 Å². The summed E-state index contributed by atoms with van der Waals surface area (Å²) in [7, 11) is 0. The van der Waals surface area contributed by atoms with Crippen LogP contribution in [-0.4, -0.2) is 22.5 Å². The Balaban J connectivity index is 1.89. The van der Waals surface area contributed by atoms with Gasteiger partial charge in [-0.05, 0) is 44.0 Å². The average molecular weight is 285 g/mol. The summed E-state index contributed by atoms with van der Waals surface area (Å²) in [5.74, 6) is 0.700. The number of hydrogen-bond acceptors (Lipinski definition) is 4. The zero-order valence-electron chi connectivity index (χ0n) is 12.5. The molecule has 1 N–H and O–H groups in total. The first-order valence-corrected chi connectivity index (χ1v) is 6.90. The summed E-state index contributed by atoms with van der Waals surface area (Å²) in [6.45, 7) is 5.74. The molecule has 0 spiro atoms. The molecule has 2 rings (SSSR count). The number of aromatic nitrogens is 2. The molecule has 0 fully saturated rings. The van der Waals surface area contributed by atoms with Gasteiger partial charge in [-0.25, -0.2) is 9.97 Å². The van der Waals surface area contributed by atoms with E-state index in [0.29, 0.717) is 11.7 Å². The van der Waals surface area contributed by atoms with E-state index in [1.165, 1.54) is 5.56 Å². The molecule has 21 heavy (non-hydrogen) atoms. The van der Waals surface area contributed by atoms with E-state index in [0.717, 1.165) is 17.8 Å². The molecule has 1 aromatic heterocycles. The number of amides is 1. The maximum Gasteiger partial charge on any atom is 0.264 e. The third-order valence-corrected chi connectivity index (χ3v) is 2.94. The molecule has 0 bridgehead atoms. The highest BCUT2D eigenvalue weighted by Gasteiger charge is 2.06. The number of anilines is 1. The van der Waals surface area contributed by atoms with Gasteiger partial charge in [-0.2, -0.15) is 0 Å². The lowest BCUT2D eigenvalue weighted by Crippen LogP contribution is -2.21. The third kappa shape index (κ3) is 4.56. The van der Waals surface area contributed by atoms with Crippen molar-refractivity contribution in [1.82, 2.24) is 9.97 Å². The van der Waals surface area contributed by atoms with E-state index in [1.807, 2.05) is 44.2 Å². The van der Waals surface area contributed by atoms with Crippen LogP contribution in [0.4, 0.5) is 5.95 Å². The molecule has 5 heteroatoms. The van der Waals surface area contributed by atoms with Crippen LogP contribution in [0, 0.1) is 13.8 Å². The number of rotatable bonds is 5. The molecule has 0 atom stereocenters. The molecule has 110 valence electrons. The highest BCUT2D eigenvalue weighted by Crippen LogP contribution is 2.12. The smallest absolute Gasteiger partial charge is 0.264 e. The van der Waals surface area contributed by atoms with Crippen molar-refractivity contribution >= 4 is 11.9 Å². The van der Waals surface area contributed by atoms with Crippen molar-refractivity contribution in [1.29, 1.82) is 0 Å². The standard InChI is InChI=1S/C16H19N3O2/c1-4-13-5-7-14(8-6-13)21-10-15(20)19-16-17-11(2)9-12(3)18-16/h5-9H,4,10H2,1-3H3,(H,17,18,19,20). The Bertz CT molecular complexity index is 604. The summed E-state index contributed by atoms with van der Waals surface area (Å²) in [5.41, 5.74) is 2.86. The van der Waals surface area contributed by atoms with E-state index in [9.17, 15) is 4.79 Å². The van der Waals surface area contributed by atoms with Gasteiger partial charge >= 0.3 is 0 Å². The number of aryl methyl sites for hydroxylation is 3. The van der Waals surface area contributed by atoms with E-state index < -0.39 is 0 Å². The summed E-state index contributed by atoms with van der Waals surface area (Å²) in [5, 5.41) is 2.63. The Hall–Kier alpha value is -2.43. The molecular formula is C16H19N3O2. The molecule has 0 aliphatic carbocycles. The van der Waals surface area contributed by atoms with Crippen LogP contribution >= 0.6 is 0 Å². The zero-order chi connectivity index (χ0) is 15.2. The Morgan fingerprint density at radius 2 is 1.76 bits per heavy atom. The minimum Gasteiger partial charge on any atom is -0.484 e. The highest BCUT2D eigenvalue weighted by molar-refractivity contribution is 5.90. The Morgan fingerprint density at radius 3 is 2.33 bits per heavy atom. The van der Waals surface area contributed by atoms with Crippen LogP contribution in [0.2, 0.25) is 0 Å². The molecule has 0 radical (unpaired) electrons. The summed E-state index contributed by atoms with van der Waals surface area (Å²) >= 11 is 0. The first-order chi connectivity index (χ1) is 10.1. The number of nitrogens with zero attached hydrogens (tertiary/aromatic N) is 2. The van der Waals surface area contributed by atoms with Crippen LogP contribution < -0.4 is 10.1 Å². The fourth-order valence-electron chi connectivity index (χ4n) is 1.91. The van der Waals surface area contributed by atoms with Gasteiger partial charge in [0.15, 0.2) is 6.61 Å². The van der Waals surface area contributed by atoms with Crippen LogP contribution in [0.3, 0.4) is 0 Å². The van der Waals surface area contributed by atoms with Crippen LogP contribution in [-0.2, 0) is 11.2 Å². The largest absolute Gasteiger partial charge is 0.484 e. The maximum absolute atomic E-state index is 11.8. The number of nitrogens with one attached hydrogen (secondary N) is 1. The number of ether oxygens (including phenoxy) is 1. The van der Waals surface area contributed by atoms with Crippen molar-refractivity contribution in [3.63, 3.8) is 0 Å². The molecule has 0 aliphatic rings. The lowest BCUT2D eigenvalue weighted by Gasteiger charge is -2.08. The molecule has 1 aromatic carbocycles. The van der Waals surface area contributed by atoms with Crippen molar-refractivity contribution in [2.45, 2.75) is 27.2 Å². The number of carbonyl (C=O) groups is 1. The van der Waals surface area contributed by atoms with Gasteiger partial charge in [0, 0.05) is 11.4 Å². The second-order valence-electron chi connectivity index (χ2n) is 4.81. The lowest BCUT2D eigenvalue weighted by molar-refractivity contribution is -0.118. The van der Waals surface area contributed by atoms with E-state index >= 15 is 0 Å². The predicted octanol–water partition coefficient (Wildman–Crippen LogP) is 2.67. The van der Waals surface area contributed by atoms with Crippen molar-refractivity contribution in [3.8, 4) is 5.75 Å². The van der Waals surface area contributed by atoms with Crippen molar-refractivity contribution in [2.24, 2.45) is 0 Å². The Kier molecular flexibility index (Phi) is 4.87. The van der Waals surface area contributed by atoms with Crippen LogP contribution in [0.25, 0.3) is 0 Å². The average Bonchev–Trinajstić information content (AvgIpc) is 2.44. The number of benzene rings is 1. The third-order valence-electron chi connectivity index (χ3n) is 2.94. The molecular weight excluding hydrogens is 266 g/mol. The summed E-state index contributed by atoms with van der Waals surface area (Å²) in [6, 6.07) is 9.54. The molecule has 1 heterocycles. The predicted molar refractivity (Wildman–Crippen MR) is 81.5 cm³/mol. The summed E-state index contributed by atoms with van der Waals surface area (Å²) in [6.07, 6.45) is 0.977. The van der Waals surface area contributed by atoms with Crippen LogP contribution in [0.1, 0.15) is 23.9 Å². The quantitative estimate of drug-likeness (QED) is 0.917. The Morgan fingerprint density at radius 1 is 1.14 bits per heavy atom. The first kappa shape index (κ1) is 15.0. The van der Waals surface area contributed by atoms with Gasteiger partial charge in [-0.15, -0.1) is 0 Å². The van der Waals surface area contributed by atoms with E-state index in [-0.39, 0.29) is 12.5 Å². The van der Waals surface area contributed by atoms with Gasteiger partial charge in [0.25, 0.3) is 5.91 Å². The van der Waals surface area contributed by atoms with Crippen molar-refractivity contribution in [3.05, 3.63) is 47.3 Å². The Labute approximate surface area is 124 Å². The monoisotopic (exact) mass is 285 g/mol. The second kappa shape index (κ2) is 6.83. The van der Waals surface area contributed by atoms with Crippen molar-refractivity contribution in [2.75, 3.05) is 11.9 Å². The van der Waals surface area contributed by atoms with Crippen LogP contribution in [0.5, 0.6) is 5.75 Å². The topological polar surface area (TPSA) is 64.1 Å². The summed E-state index contributed by atoms with van der Waals surface area (Å²) in [4.78, 5) is 20.1. The van der Waals surface area contributed by atoms with Gasteiger partial charge in [-0.1, -0.05) is 19.1 Å². The van der Waals surface area contributed by atoms with E-state index in [4.69, 9.17) is 4.74 Å². The molecule has 0 saturated heterocycles. The number of hydrogen-bond donors (Lipinski definition) is 1. The van der Waals surface area contributed by atoms with Gasteiger partial charge in [0.1, 0.15) is 5.75 Å². The SMILES string of the molecule is CCc1ccc(OCC(=O)Nc2nc(C)cc(C)n2)cc1. The second-order valence-corrected chi connectivity index (χ2v) is 4.81. The maximum atomic E-state index is 11.8. The fourth-order valence-corrected chi connectivity index (χ4v) is 1.91. The molecule has 1 amide bonds. The summed E-state index contributed by atoms with van der Waals surface area (Å²) < 4.78 is 5.43. The van der Waals surface area contributed by atoms with Gasteiger partial charge in [0.2, 0.25) is 5.95 Å². The van der Waals surface area contributed by atoms with Gasteiger partial charge < -0.3 is 4.74 Å². The highest BCUT2D eigenvalue weighted by atomic mass is 16.5. The zero-order valence-corrected chi connectivity index (χ0v) is 12.5. The first-order valence-electron chi connectivity index (χ1n) is 6.90.